The van der Waals surface area contributed by atoms with Crippen LogP contribution in [0.3, 0.4) is 0 Å². The molecule has 2 aliphatic rings. The zero-order valence-electron chi connectivity index (χ0n) is 17.9. The van der Waals surface area contributed by atoms with Gasteiger partial charge in [0.2, 0.25) is 0 Å². The minimum Gasteiger partial charge on any atom is -0.249 e. The maximum absolute atomic E-state index is 13.8. The second kappa shape index (κ2) is 12.1. The summed E-state index contributed by atoms with van der Waals surface area (Å²) < 4.78 is 243. The van der Waals surface area contributed by atoms with Crippen molar-refractivity contribution in [2.24, 2.45) is 9.98 Å². The van der Waals surface area contributed by atoms with Crippen LogP contribution >= 0.6 is 93.8 Å². The molecule has 0 aromatic carbocycles. The minimum absolute atomic E-state index is 1.67. The fourth-order valence-electron chi connectivity index (χ4n) is 2.86. The number of halogens is 20. The number of thioether (sulfide) groups is 6. The number of hydrogen-bond acceptors (Lipinski definition) is 8. The van der Waals surface area contributed by atoms with Crippen LogP contribution in [0.15, 0.2) is 29.9 Å². The van der Waals surface area contributed by atoms with E-state index in [-0.39, 0.29) is 0 Å². The molecular weight excluding hydrogens is 801 g/mol. The quantitative estimate of drug-likeness (QED) is 0.257. The Bertz CT molecular complexity index is 1100. The van der Waals surface area contributed by atoms with Crippen molar-refractivity contribution in [3.8, 4) is 0 Å². The summed E-state index contributed by atoms with van der Waals surface area (Å²) in [5.41, 5.74) is -35.6. The topological polar surface area (TPSA) is 24.7 Å². The van der Waals surface area contributed by atoms with Crippen molar-refractivity contribution in [1.82, 2.24) is 0 Å². The summed E-state index contributed by atoms with van der Waals surface area (Å²) in [5.74, 6) is 0. The van der Waals surface area contributed by atoms with Gasteiger partial charge in [0.05, 0.1) is 19.9 Å². The lowest BCUT2D eigenvalue weighted by Gasteiger charge is -2.43. The molecule has 2 nitrogen and oxygen atoms in total. The fraction of sp³-hybridized carbons (Fsp3) is 0.571. The number of hydrogen-bond donors (Lipinski definition) is 0. The Balaban J connectivity index is 3.25. The second-order valence-electron chi connectivity index (χ2n) is 6.69. The van der Waals surface area contributed by atoms with Gasteiger partial charge in [-0.2, -0.15) is 79.0 Å². The Morgan fingerprint density at radius 2 is 0.643 bits per heavy atom. The normalized spacial score (nSPS) is 25.0. The van der Waals surface area contributed by atoms with Crippen LogP contribution in [0.4, 0.5) is 79.0 Å². The first kappa shape index (κ1) is 38.4. The van der Waals surface area contributed by atoms with Crippen molar-refractivity contribution in [3.05, 3.63) is 19.9 Å². The highest BCUT2D eigenvalue weighted by Crippen LogP contribution is 2.72. The predicted octanol–water partition coefficient (Wildman–Crippen LogP) is 11.6. The van der Waals surface area contributed by atoms with E-state index >= 15 is 0 Å². The van der Waals surface area contributed by atoms with Gasteiger partial charge in [-0.15, -0.1) is 0 Å². The van der Waals surface area contributed by atoms with E-state index in [1.54, 1.807) is 0 Å². The molecule has 0 aromatic rings. The van der Waals surface area contributed by atoms with Gasteiger partial charge in [0.1, 0.15) is 10.1 Å². The van der Waals surface area contributed by atoms with Gasteiger partial charge in [0.25, 0.3) is 0 Å². The lowest BCUT2D eigenvalue weighted by Crippen LogP contribution is -2.50. The van der Waals surface area contributed by atoms with Crippen LogP contribution in [0.25, 0.3) is 0 Å². The number of alkyl halides is 18. The fourth-order valence-corrected chi connectivity index (χ4v) is 9.51. The predicted molar refractivity (Wildman–Crippen MR) is 128 cm³/mol. The molecule has 0 saturated carbocycles. The highest BCUT2D eigenvalue weighted by atomic mass is 35.5. The molecule has 0 amide bonds. The molecule has 28 heteroatoms. The van der Waals surface area contributed by atoms with Crippen LogP contribution in [0, 0.1) is 0 Å². The Morgan fingerprint density at radius 1 is 0.405 bits per heavy atom. The molecule has 0 aliphatic carbocycles. The zero-order valence-corrected chi connectivity index (χ0v) is 24.3. The van der Waals surface area contributed by atoms with Crippen LogP contribution in [-0.2, 0) is 0 Å². The van der Waals surface area contributed by atoms with Gasteiger partial charge in [-0.1, -0.05) is 23.2 Å². The van der Waals surface area contributed by atoms with Crippen LogP contribution in [0.1, 0.15) is 0 Å². The highest BCUT2D eigenvalue weighted by molar-refractivity contribution is 8.16. The van der Waals surface area contributed by atoms with Gasteiger partial charge in [-0.25, -0.2) is 9.98 Å². The SMILES string of the molecule is FC(F)(F)SC1=NC(SC(F)(F)F)(C2(SC(F)(F)F)N=C(SC(F)(F)F)C(Cl)=C2SC(F)(F)F)C(SC(F)(F)F)=C1Cl. The van der Waals surface area contributed by atoms with E-state index in [2.05, 4.69) is 9.98 Å². The Morgan fingerprint density at radius 3 is 0.833 bits per heavy atom. The number of nitrogens with zero attached hydrogens (tertiary/aromatic N) is 2. The molecule has 0 N–H and O–H groups in total. The Labute approximate surface area is 254 Å². The molecule has 2 atom stereocenters. The molecular formula is C14Cl2F18N2S6. The van der Waals surface area contributed by atoms with Crippen LogP contribution in [0.5, 0.6) is 0 Å². The summed E-state index contributed by atoms with van der Waals surface area (Å²) >= 11 is -0.507. The minimum atomic E-state index is -6.18. The average molecular weight is 801 g/mol. The first-order chi connectivity index (χ1) is 18.3. The second-order valence-corrected chi connectivity index (χ2v) is 14.2. The highest BCUT2D eigenvalue weighted by Gasteiger charge is 2.72. The van der Waals surface area contributed by atoms with Gasteiger partial charge in [-0.05, 0) is 47.0 Å². The van der Waals surface area contributed by atoms with Crippen LogP contribution in [0.2, 0.25) is 0 Å². The summed E-state index contributed by atoms with van der Waals surface area (Å²) in [4.78, 5) is -8.94. The van der Waals surface area contributed by atoms with E-state index in [4.69, 9.17) is 23.2 Å². The largest absolute Gasteiger partial charge is 0.447 e. The summed E-state index contributed by atoms with van der Waals surface area (Å²) in [6, 6.07) is 0. The van der Waals surface area contributed by atoms with Crippen molar-refractivity contribution in [3.63, 3.8) is 0 Å². The van der Waals surface area contributed by atoms with Crippen molar-refractivity contribution < 1.29 is 79.0 Å². The summed E-state index contributed by atoms with van der Waals surface area (Å²) in [7, 11) is 0. The summed E-state index contributed by atoms with van der Waals surface area (Å²) in [5, 5.41) is -8.32. The monoisotopic (exact) mass is 800 g/mol. The van der Waals surface area contributed by atoms with Crippen molar-refractivity contribution in [1.29, 1.82) is 0 Å². The van der Waals surface area contributed by atoms with E-state index in [0.29, 0.717) is 0 Å². The van der Waals surface area contributed by atoms with E-state index in [1.807, 2.05) is 0 Å². The van der Waals surface area contributed by atoms with Gasteiger partial charge in [0.15, 0.2) is 9.74 Å². The Hall–Kier alpha value is 0.240. The third-order valence-corrected chi connectivity index (χ3v) is 10.9. The van der Waals surface area contributed by atoms with E-state index in [9.17, 15) is 79.0 Å². The van der Waals surface area contributed by atoms with E-state index < -0.39 is 143 Å². The van der Waals surface area contributed by atoms with Gasteiger partial charge < -0.3 is 0 Å². The van der Waals surface area contributed by atoms with Crippen molar-refractivity contribution in [2.45, 2.75) is 42.8 Å². The molecule has 242 valence electrons. The standard InChI is InChI=1S/C14Cl2F18N2S6/c15-1-3(37-9(17,18)19)7(41-13(29,30)31,35-5(1)39-11(23,24)25)8(42-14(32,33)34)4(38-10(20,21)22)2(16)6(36-8)40-12(26,27)28. The summed E-state index contributed by atoms with van der Waals surface area (Å²) in [6.45, 7) is 0. The zero-order chi connectivity index (χ0) is 33.1. The maximum atomic E-state index is 13.8. The van der Waals surface area contributed by atoms with Gasteiger partial charge in [-0.3, -0.25) is 0 Å². The number of rotatable bonds is 5. The van der Waals surface area contributed by atoms with Crippen molar-refractivity contribution in [2.75, 3.05) is 0 Å². The Kier molecular flexibility index (Phi) is 11.1. The van der Waals surface area contributed by atoms with E-state index in [0.717, 1.165) is 0 Å². The third-order valence-electron chi connectivity index (χ3n) is 3.75. The van der Waals surface area contributed by atoms with Gasteiger partial charge in [0, 0.05) is 23.5 Å². The summed E-state index contributed by atoms with van der Waals surface area (Å²) in [6.07, 6.45) is 0. The molecule has 42 heavy (non-hydrogen) atoms. The third kappa shape index (κ3) is 9.87. The molecule has 0 radical (unpaired) electrons. The van der Waals surface area contributed by atoms with Crippen LogP contribution < -0.4 is 0 Å². The molecule has 2 rings (SSSR count). The van der Waals surface area contributed by atoms with Gasteiger partial charge >= 0.3 is 33.0 Å². The lowest BCUT2D eigenvalue weighted by atomic mass is 10.1. The lowest BCUT2D eigenvalue weighted by molar-refractivity contribution is -0.0376. The molecule has 0 spiro atoms. The first-order valence-electron chi connectivity index (χ1n) is 8.87. The molecule has 0 saturated heterocycles. The molecule has 0 fully saturated rings. The van der Waals surface area contributed by atoms with Crippen molar-refractivity contribution >= 4 is 104 Å². The molecule has 0 bridgehead atoms. The smallest absolute Gasteiger partial charge is 0.249 e. The molecule has 2 unspecified atom stereocenters. The average Bonchev–Trinajstić information content (AvgIpc) is 3.03. The molecule has 0 aromatic heterocycles. The number of aliphatic imine (C=N–C) groups is 2. The van der Waals surface area contributed by atoms with E-state index in [1.165, 1.54) is 0 Å². The first-order valence-corrected chi connectivity index (χ1v) is 14.5. The maximum Gasteiger partial charge on any atom is 0.447 e. The van der Waals surface area contributed by atoms with Crippen LogP contribution in [-0.4, -0.2) is 52.9 Å². The molecule has 2 heterocycles. The molecule has 2 aliphatic heterocycles.